The van der Waals surface area contributed by atoms with Gasteiger partial charge in [-0.15, -0.1) is 11.3 Å². The van der Waals surface area contributed by atoms with E-state index in [1.165, 1.54) is 12.1 Å². The SMILES string of the molecule is Cn1cccc1[C@@H]1CCCCCN1C(=O)CCc1nc(-c2cccs2)no1. The highest BCUT2D eigenvalue weighted by Gasteiger charge is 2.28. The van der Waals surface area contributed by atoms with Crippen molar-refractivity contribution in [1.82, 2.24) is 19.6 Å². The van der Waals surface area contributed by atoms with Gasteiger partial charge in [0, 0.05) is 38.3 Å². The van der Waals surface area contributed by atoms with Gasteiger partial charge < -0.3 is 14.0 Å². The summed E-state index contributed by atoms with van der Waals surface area (Å²) in [4.78, 5) is 20.5. The molecule has 7 heteroatoms. The molecule has 1 saturated heterocycles. The number of hydrogen-bond acceptors (Lipinski definition) is 5. The van der Waals surface area contributed by atoms with Crippen LogP contribution in [0.3, 0.4) is 0 Å². The molecule has 4 rings (SSSR count). The monoisotopic (exact) mass is 384 g/mol. The predicted octanol–water partition coefficient (Wildman–Crippen LogP) is 4.21. The van der Waals surface area contributed by atoms with E-state index in [-0.39, 0.29) is 11.9 Å². The third kappa shape index (κ3) is 3.98. The second-order valence-electron chi connectivity index (χ2n) is 6.99. The number of aromatic nitrogens is 3. The van der Waals surface area contributed by atoms with Gasteiger partial charge in [-0.3, -0.25) is 4.79 Å². The van der Waals surface area contributed by atoms with Crippen molar-refractivity contribution in [1.29, 1.82) is 0 Å². The maximum absolute atomic E-state index is 13.0. The van der Waals surface area contributed by atoms with Crippen LogP contribution in [0, 0.1) is 0 Å². The van der Waals surface area contributed by atoms with E-state index in [9.17, 15) is 4.79 Å². The molecule has 1 aliphatic heterocycles. The molecule has 1 atom stereocenters. The van der Waals surface area contributed by atoms with Gasteiger partial charge in [0.2, 0.25) is 17.6 Å². The molecular weight excluding hydrogens is 360 g/mol. The van der Waals surface area contributed by atoms with Crippen LogP contribution in [0.25, 0.3) is 10.7 Å². The van der Waals surface area contributed by atoms with E-state index in [1.807, 2.05) is 36.8 Å². The Balaban J connectivity index is 1.43. The van der Waals surface area contributed by atoms with Crippen LogP contribution in [-0.2, 0) is 18.3 Å². The Hall–Kier alpha value is -2.41. The first-order valence-electron chi connectivity index (χ1n) is 9.49. The second-order valence-corrected chi connectivity index (χ2v) is 7.93. The maximum atomic E-state index is 13.0. The lowest BCUT2D eigenvalue weighted by Gasteiger charge is -2.30. The van der Waals surface area contributed by atoms with Crippen molar-refractivity contribution >= 4 is 17.2 Å². The van der Waals surface area contributed by atoms with Crippen molar-refractivity contribution in [2.24, 2.45) is 7.05 Å². The fourth-order valence-corrected chi connectivity index (χ4v) is 4.40. The molecule has 6 nitrogen and oxygen atoms in total. The molecule has 0 aromatic carbocycles. The van der Waals surface area contributed by atoms with Gasteiger partial charge in [0.1, 0.15) is 0 Å². The van der Waals surface area contributed by atoms with Gasteiger partial charge in [0.25, 0.3) is 0 Å². The van der Waals surface area contributed by atoms with Crippen molar-refractivity contribution < 1.29 is 9.32 Å². The summed E-state index contributed by atoms with van der Waals surface area (Å²) >= 11 is 1.58. The van der Waals surface area contributed by atoms with Crippen LogP contribution >= 0.6 is 11.3 Å². The molecule has 1 fully saturated rings. The van der Waals surface area contributed by atoms with Crippen molar-refractivity contribution in [2.45, 2.75) is 44.6 Å². The Morgan fingerprint density at radius 3 is 3.00 bits per heavy atom. The number of aryl methyl sites for hydroxylation is 2. The topological polar surface area (TPSA) is 64.2 Å². The predicted molar refractivity (Wildman–Crippen MR) is 104 cm³/mol. The molecule has 0 unspecified atom stereocenters. The molecule has 1 amide bonds. The van der Waals surface area contributed by atoms with Gasteiger partial charge >= 0.3 is 0 Å². The summed E-state index contributed by atoms with van der Waals surface area (Å²) in [5, 5.41) is 6.01. The molecular formula is C20H24N4O2S. The maximum Gasteiger partial charge on any atom is 0.227 e. The summed E-state index contributed by atoms with van der Waals surface area (Å²) in [7, 11) is 2.05. The van der Waals surface area contributed by atoms with Crippen molar-refractivity contribution in [3.05, 3.63) is 47.4 Å². The van der Waals surface area contributed by atoms with E-state index in [0.29, 0.717) is 24.6 Å². The zero-order chi connectivity index (χ0) is 18.6. The van der Waals surface area contributed by atoms with E-state index in [4.69, 9.17) is 4.52 Å². The normalized spacial score (nSPS) is 17.8. The average Bonchev–Trinajstić information content (AvgIpc) is 3.39. The lowest BCUT2D eigenvalue weighted by atomic mass is 10.1. The fourth-order valence-electron chi connectivity index (χ4n) is 3.75. The molecule has 0 aliphatic carbocycles. The van der Waals surface area contributed by atoms with Crippen LogP contribution in [0.5, 0.6) is 0 Å². The minimum absolute atomic E-state index is 0.157. The Labute approximate surface area is 162 Å². The Morgan fingerprint density at radius 1 is 1.30 bits per heavy atom. The third-order valence-electron chi connectivity index (χ3n) is 5.16. The lowest BCUT2D eigenvalue weighted by Crippen LogP contribution is -2.35. The quantitative estimate of drug-likeness (QED) is 0.661. The molecule has 1 aliphatic rings. The zero-order valence-electron chi connectivity index (χ0n) is 15.5. The fraction of sp³-hybridized carbons (Fsp3) is 0.450. The van der Waals surface area contributed by atoms with Gasteiger partial charge in [0.05, 0.1) is 10.9 Å². The lowest BCUT2D eigenvalue weighted by molar-refractivity contribution is -0.133. The van der Waals surface area contributed by atoms with E-state index in [1.54, 1.807) is 11.3 Å². The first kappa shape index (κ1) is 18.0. The van der Waals surface area contributed by atoms with Crippen LogP contribution in [0.15, 0.2) is 40.4 Å². The van der Waals surface area contributed by atoms with Crippen LogP contribution in [-0.4, -0.2) is 32.1 Å². The van der Waals surface area contributed by atoms with E-state index >= 15 is 0 Å². The highest BCUT2D eigenvalue weighted by molar-refractivity contribution is 7.13. The first-order valence-corrected chi connectivity index (χ1v) is 10.4. The van der Waals surface area contributed by atoms with Crippen LogP contribution < -0.4 is 0 Å². The standard InChI is InChI=1S/C20H24N4O2S/c1-23-12-5-8-15(23)16-7-3-2-4-13-24(16)19(25)11-10-18-21-20(22-26-18)17-9-6-14-27-17/h5-6,8-9,12,14,16H,2-4,7,10-11,13H2,1H3/t16-/m0/s1. The highest BCUT2D eigenvalue weighted by atomic mass is 32.1. The van der Waals surface area contributed by atoms with Crippen molar-refractivity contribution in [2.75, 3.05) is 6.54 Å². The number of thiophene rings is 1. The van der Waals surface area contributed by atoms with Gasteiger partial charge in [-0.05, 0) is 36.4 Å². The number of likely N-dealkylation sites (tertiary alicyclic amines) is 1. The Bertz CT molecular complexity index is 884. The van der Waals surface area contributed by atoms with E-state index in [2.05, 4.69) is 25.7 Å². The number of nitrogens with zero attached hydrogens (tertiary/aromatic N) is 4. The summed E-state index contributed by atoms with van der Waals surface area (Å²) < 4.78 is 7.47. The molecule has 0 spiro atoms. The molecule has 27 heavy (non-hydrogen) atoms. The van der Waals surface area contributed by atoms with E-state index in [0.717, 1.165) is 30.7 Å². The number of carbonyl (C=O) groups is 1. The van der Waals surface area contributed by atoms with Gasteiger partial charge in [0.15, 0.2) is 0 Å². The largest absolute Gasteiger partial charge is 0.353 e. The van der Waals surface area contributed by atoms with Crippen molar-refractivity contribution in [3.8, 4) is 10.7 Å². The van der Waals surface area contributed by atoms with Gasteiger partial charge in [-0.1, -0.05) is 24.1 Å². The minimum Gasteiger partial charge on any atom is -0.353 e. The Morgan fingerprint density at radius 2 is 2.22 bits per heavy atom. The number of rotatable bonds is 5. The van der Waals surface area contributed by atoms with Gasteiger partial charge in [-0.25, -0.2) is 0 Å². The van der Waals surface area contributed by atoms with Crippen LogP contribution in [0.2, 0.25) is 0 Å². The third-order valence-corrected chi connectivity index (χ3v) is 6.03. The summed E-state index contributed by atoms with van der Waals surface area (Å²) in [6.45, 7) is 0.818. The minimum atomic E-state index is 0.157. The second kappa shape index (κ2) is 8.08. The number of amides is 1. The Kier molecular flexibility index (Phi) is 5.38. The molecule has 0 bridgehead atoms. The van der Waals surface area contributed by atoms with Crippen LogP contribution in [0.1, 0.15) is 49.7 Å². The summed E-state index contributed by atoms with van der Waals surface area (Å²) in [5.74, 6) is 1.29. The molecule has 0 radical (unpaired) electrons. The average molecular weight is 385 g/mol. The van der Waals surface area contributed by atoms with Crippen LogP contribution in [0.4, 0.5) is 0 Å². The summed E-state index contributed by atoms with van der Waals surface area (Å²) in [6, 6.07) is 8.26. The number of carbonyl (C=O) groups excluding carboxylic acids is 1. The van der Waals surface area contributed by atoms with Gasteiger partial charge in [-0.2, -0.15) is 4.98 Å². The summed E-state index contributed by atoms with van der Waals surface area (Å²) in [5.41, 5.74) is 1.21. The zero-order valence-corrected chi connectivity index (χ0v) is 16.3. The molecule has 4 heterocycles. The molecule has 0 saturated carbocycles. The van der Waals surface area contributed by atoms with E-state index < -0.39 is 0 Å². The first-order chi connectivity index (χ1) is 13.2. The smallest absolute Gasteiger partial charge is 0.227 e. The summed E-state index contributed by atoms with van der Waals surface area (Å²) in [6.07, 6.45) is 7.35. The molecule has 3 aromatic rings. The number of hydrogen-bond donors (Lipinski definition) is 0. The molecule has 142 valence electrons. The highest BCUT2D eigenvalue weighted by Crippen LogP contribution is 2.31. The van der Waals surface area contributed by atoms with Crippen molar-refractivity contribution in [3.63, 3.8) is 0 Å². The molecule has 3 aromatic heterocycles. The molecule has 0 N–H and O–H groups in total.